The van der Waals surface area contributed by atoms with E-state index in [1.54, 1.807) is 6.07 Å². The van der Waals surface area contributed by atoms with Crippen LogP contribution in [-0.4, -0.2) is 11.7 Å². The third kappa shape index (κ3) is 2.87. The number of nitrogens with two attached hydrogens (primary N) is 1. The van der Waals surface area contributed by atoms with Gasteiger partial charge in [0.15, 0.2) is 0 Å². The Morgan fingerprint density at radius 3 is 2.39 bits per heavy atom. The van der Waals surface area contributed by atoms with Crippen LogP contribution in [0.25, 0.3) is 0 Å². The van der Waals surface area contributed by atoms with Gasteiger partial charge in [-0.1, -0.05) is 53.5 Å². The molecule has 1 aromatic carbocycles. The standard InChI is InChI=1S/C13H13Cl2NOS/c14-11-6-9(13(15)18-11)12(17)10(7-16)8-4-2-1-3-5-8/h1-6,10,12,17H,7,16H2. The Morgan fingerprint density at radius 2 is 1.89 bits per heavy atom. The lowest BCUT2D eigenvalue weighted by molar-refractivity contribution is 0.148. The normalized spacial score (nSPS) is 14.4. The van der Waals surface area contributed by atoms with Crippen molar-refractivity contribution < 1.29 is 5.11 Å². The summed E-state index contributed by atoms with van der Waals surface area (Å²) in [5.41, 5.74) is 7.40. The first-order valence-electron chi connectivity index (χ1n) is 5.51. The molecule has 2 rings (SSSR count). The molecule has 1 heterocycles. The Kier molecular flexibility index (Phi) is 4.65. The van der Waals surface area contributed by atoms with E-state index in [0.717, 1.165) is 5.56 Å². The largest absolute Gasteiger partial charge is 0.388 e. The molecule has 2 atom stereocenters. The molecule has 0 radical (unpaired) electrons. The van der Waals surface area contributed by atoms with Gasteiger partial charge in [-0.25, -0.2) is 0 Å². The summed E-state index contributed by atoms with van der Waals surface area (Å²) in [5, 5.41) is 10.4. The first-order valence-corrected chi connectivity index (χ1v) is 7.08. The molecule has 1 aromatic heterocycles. The zero-order valence-electron chi connectivity index (χ0n) is 9.51. The second kappa shape index (κ2) is 6.04. The van der Waals surface area contributed by atoms with E-state index in [2.05, 4.69) is 0 Å². The van der Waals surface area contributed by atoms with Gasteiger partial charge >= 0.3 is 0 Å². The zero-order chi connectivity index (χ0) is 13.1. The molecular weight excluding hydrogens is 289 g/mol. The van der Waals surface area contributed by atoms with Crippen molar-refractivity contribution in [2.45, 2.75) is 12.0 Å². The highest BCUT2D eigenvalue weighted by Crippen LogP contribution is 2.40. The van der Waals surface area contributed by atoms with E-state index in [-0.39, 0.29) is 5.92 Å². The number of rotatable bonds is 4. The predicted molar refractivity (Wildman–Crippen MR) is 77.5 cm³/mol. The molecule has 0 aliphatic rings. The van der Waals surface area contributed by atoms with Gasteiger partial charge < -0.3 is 10.8 Å². The summed E-state index contributed by atoms with van der Waals surface area (Å²) in [5.74, 6) is -0.186. The van der Waals surface area contributed by atoms with Crippen molar-refractivity contribution in [2.75, 3.05) is 6.54 Å². The van der Waals surface area contributed by atoms with Crippen LogP contribution in [0.3, 0.4) is 0 Å². The van der Waals surface area contributed by atoms with Crippen LogP contribution in [-0.2, 0) is 0 Å². The van der Waals surface area contributed by atoms with Crippen LogP contribution in [0.2, 0.25) is 8.67 Å². The van der Waals surface area contributed by atoms with Gasteiger partial charge in [-0.2, -0.15) is 0 Å². The molecule has 2 aromatic rings. The van der Waals surface area contributed by atoms with Crippen LogP contribution >= 0.6 is 34.5 Å². The summed E-state index contributed by atoms with van der Waals surface area (Å²) in [7, 11) is 0. The Bertz CT molecular complexity index is 515. The summed E-state index contributed by atoms with van der Waals surface area (Å²) < 4.78 is 1.08. The maximum absolute atomic E-state index is 10.4. The van der Waals surface area contributed by atoms with Crippen molar-refractivity contribution in [2.24, 2.45) is 5.73 Å². The third-order valence-electron chi connectivity index (χ3n) is 2.86. The van der Waals surface area contributed by atoms with Crippen LogP contribution in [0.15, 0.2) is 36.4 Å². The highest BCUT2D eigenvalue weighted by molar-refractivity contribution is 7.20. The predicted octanol–water partition coefficient (Wildman–Crippen LogP) is 3.83. The molecule has 5 heteroatoms. The molecule has 3 N–H and O–H groups in total. The van der Waals surface area contributed by atoms with E-state index in [0.29, 0.717) is 20.8 Å². The van der Waals surface area contributed by atoms with E-state index in [4.69, 9.17) is 28.9 Å². The van der Waals surface area contributed by atoms with Gasteiger partial charge in [0.1, 0.15) is 4.34 Å². The number of thiophene rings is 1. The molecule has 0 aliphatic carbocycles. The van der Waals surface area contributed by atoms with Gasteiger partial charge in [-0.3, -0.25) is 0 Å². The summed E-state index contributed by atoms with van der Waals surface area (Å²) >= 11 is 13.2. The molecular formula is C13H13Cl2NOS. The molecule has 0 bridgehead atoms. The molecule has 0 spiro atoms. The van der Waals surface area contributed by atoms with Crippen LogP contribution < -0.4 is 5.73 Å². The monoisotopic (exact) mass is 301 g/mol. The molecule has 2 unspecified atom stereocenters. The van der Waals surface area contributed by atoms with Gasteiger partial charge in [0.2, 0.25) is 0 Å². The summed E-state index contributed by atoms with van der Waals surface area (Å²) in [4.78, 5) is 0. The fraction of sp³-hybridized carbons (Fsp3) is 0.231. The van der Waals surface area contributed by atoms with Crippen molar-refractivity contribution >= 4 is 34.5 Å². The Morgan fingerprint density at radius 1 is 1.22 bits per heavy atom. The average Bonchev–Trinajstić information content (AvgIpc) is 2.70. The fourth-order valence-corrected chi connectivity index (χ4v) is 3.46. The third-order valence-corrected chi connectivity index (χ3v) is 4.38. The van der Waals surface area contributed by atoms with E-state index in [1.165, 1.54) is 11.3 Å². The van der Waals surface area contributed by atoms with Crippen molar-refractivity contribution in [3.8, 4) is 0 Å². The first-order chi connectivity index (χ1) is 8.63. The zero-order valence-corrected chi connectivity index (χ0v) is 11.8. The number of hydrogen-bond donors (Lipinski definition) is 2. The number of benzene rings is 1. The minimum atomic E-state index is -0.742. The second-order valence-corrected chi connectivity index (χ2v) is 6.26. The smallest absolute Gasteiger partial charge is 0.100 e. The highest BCUT2D eigenvalue weighted by atomic mass is 35.5. The highest BCUT2D eigenvalue weighted by Gasteiger charge is 2.24. The lowest BCUT2D eigenvalue weighted by Crippen LogP contribution is -2.20. The number of hydrogen-bond acceptors (Lipinski definition) is 3. The fourth-order valence-electron chi connectivity index (χ4n) is 1.92. The molecule has 0 aliphatic heterocycles. The van der Waals surface area contributed by atoms with Gasteiger partial charge in [0, 0.05) is 18.0 Å². The minimum Gasteiger partial charge on any atom is -0.388 e. The summed E-state index contributed by atoms with van der Waals surface area (Å²) in [6.07, 6.45) is -0.742. The Labute approximate surface area is 120 Å². The SMILES string of the molecule is NCC(c1ccccc1)C(O)c1cc(Cl)sc1Cl. The van der Waals surface area contributed by atoms with Crippen molar-refractivity contribution in [3.05, 3.63) is 56.2 Å². The molecule has 0 amide bonds. The van der Waals surface area contributed by atoms with E-state index < -0.39 is 6.10 Å². The lowest BCUT2D eigenvalue weighted by atomic mass is 9.90. The average molecular weight is 302 g/mol. The molecule has 0 fully saturated rings. The number of aliphatic hydroxyl groups excluding tert-OH is 1. The van der Waals surface area contributed by atoms with Gasteiger partial charge in [0.05, 0.1) is 10.4 Å². The topological polar surface area (TPSA) is 46.2 Å². The molecule has 0 saturated heterocycles. The van der Waals surface area contributed by atoms with Gasteiger partial charge in [-0.15, -0.1) is 11.3 Å². The van der Waals surface area contributed by atoms with Crippen LogP contribution in [0.4, 0.5) is 0 Å². The quantitative estimate of drug-likeness (QED) is 0.901. The van der Waals surface area contributed by atoms with E-state index in [1.807, 2.05) is 30.3 Å². The molecule has 96 valence electrons. The van der Waals surface area contributed by atoms with Crippen LogP contribution in [0, 0.1) is 0 Å². The Hall–Kier alpha value is -0.580. The van der Waals surface area contributed by atoms with Crippen molar-refractivity contribution in [1.82, 2.24) is 0 Å². The van der Waals surface area contributed by atoms with Crippen molar-refractivity contribution in [1.29, 1.82) is 0 Å². The lowest BCUT2D eigenvalue weighted by Gasteiger charge is -2.21. The first kappa shape index (κ1) is 13.8. The molecule has 18 heavy (non-hydrogen) atoms. The van der Waals surface area contributed by atoms with Gasteiger partial charge in [0.25, 0.3) is 0 Å². The minimum absolute atomic E-state index is 0.186. The van der Waals surface area contributed by atoms with Crippen LogP contribution in [0.1, 0.15) is 23.1 Å². The molecule has 0 saturated carbocycles. The summed E-state index contributed by atoms with van der Waals surface area (Å²) in [6.45, 7) is 0.342. The van der Waals surface area contributed by atoms with Gasteiger partial charge in [-0.05, 0) is 11.6 Å². The van der Waals surface area contributed by atoms with Crippen LogP contribution in [0.5, 0.6) is 0 Å². The van der Waals surface area contributed by atoms with E-state index in [9.17, 15) is 5.11 Å². The molecule has 2 nitrogen and oxygen atoms in total. The van der Waals surface area contributed by atoms with Crippen molar-refractivity contribution in [3.63, 3.8) is 0 Å². The van der Waals surface area contributed by atoms with E-state index >= 15 is 0 Å². The summed E-state index contributed by atoms with van der Waals surface area (Å²) in [6, 6.07) is 11.4. The second-order valence-electron chi connectivity index (χ2n) is 3.98. The number of halogens is 2. The Balaban J connectivity index is 2.31. The number of aliphatic hydroxyl groups is 1. The maximum atomic E-state index is 10.4. The maximum Gasteiger partial charge on any atom is 0.100 e.